The minimum Gasteiger partial charge on any atom is -0.308 e. The SMILES string of the molecule is CC(C)CN(CCN(C)C)CC(=O)C(C)(C)C. The fraction of sp³-hybridized carbons (Fsp3) is 0.929. The molecule has 0 aromatic heterocycles. The van der Waals surface area contributed by atoms with Crippen LogP contribution in [-0.2, 0) is 4.79 Å². The first-order valence-electron chi connectivity index (χ1n) is 6.53. The van der Waals surface area contributed by atoms with Crippen LogP contribution in [0.1, 0.15) is 34.6 Å². The van der Waals surface area contributed by atoms with E-state index in [0.717, 1.165) is 19.6 Å². The molecule has 17 heavy (non-hydrogen) atoms. The lowest BCUT2D eigenvalue weighted by Crippen LogP contribution is -2.41. The summed E-state index contributed by atoms with van der Waals surface area (Å²) in [7, 11) is 4.14. The molecule has 0 aliphatic carbocycles. The number of ketones is 1. The molecule has 3 heteroatoms. The van der Waals surface area contributed by atoms with E-state index in [1.807, 2.05) is 20.8 Å². The normalized spacial score (nSPS) is 12.8. The summed E-state index contributed by atoms with van der Waals surface area (Å²) in [4.78, 5) is 16.5. The zero-order valence-corrected chi connectivity index (χ0v) is 12.7. The maximum absolute atomic E-state index is 12.0. The molecule has 0 unspecified atom stereocenters. The Bertz CT molecular complexity index is 229. The minimum absolute atomic E-state index is 0.229. The van der Waals surface area contributed by atoms with Crippen LogP contribution in [0.15, 0.2) is 0 Å². The predicted molar refractivity (Wildman–Crippen MR) is 74.3 cm³/mol. The standard InChI is InChI=1S/C14H30N2O/c1-12(2)10-16(9-8-15(6)7)11-13(17)14(3,4)5/h12H,8-11H2,1-7H3. The Morgan fingerprint density at radius 3 is 2.00 bits per heavy atom. The van der Waals surface area contributed by atoms with Crippen LogP contribution in [0.25, 0.3) is 0 Å². The Morgan fingerprint density at radius 2 is 1.65 bits per heavy atom. The maximum Gasteiger partial charge on any atom is 0.152 e. The average molecular weight is 242 g/mol. The second-order valence-corrected chi connectivity index (χ2v) is 6.61. The van der Waals surface area contributed by atoms with Crippen molar-refractivity contribution in [3.63, 3.8) is 0 Å². The Hall–Kier alpha value is -0.410. The molecule has 0 radical (unpaired) electrons. The van der Waals surface area contributed by atoms with Gasteiger partial charge in [-0.2, -0.15) is 0 Å². The Morgan fingerprint density at radius 1 is 1.12 bits per heavy atom. The van der Waals surface area contributed by atoms with Crippen molar-refractivity contribution in [2.45, 2.75) is 34.6 Å². The fourth-order valence-corrected chi connectivity index (χ4v) is 1.53. The molecule has 0 heterocycles. The van der Waals surface area contributed by atoms with Crippen LogP contribution in [0.4, 0.5) is 0 Å². The molecule has 0 saturated carbocycles. The molecule has 102 valence electrons. The van der Waals surface area contributed by atoms with E-state index in [0.29, 0.717) is 18.2 Å². The van der Waals surface area contributed by atoms with Gasteiger partial charge in [0.25, 0.3) is 0 Å². The molecule has 0 atom stereocenters. The summed E-state index contributed by atoms with van der Waals surface area (Å²) < 4.78 is 0. The summed E-state index contributed by atoms with van der Waals surface area (Å²) in [5.41, 5.74) is -0.229. The number of rotatable bonds is 7. The van der Waals surface area contributed by atoms with Crippen molar-refractivity contribution in [2.75, 3.05) is 40.3 Å². The molecule has 0 N–H and O–H groups in total. The number of carbonyl (C=O) groups excluding carboxylic acids is 1. The highest BCUT2D eigenvalue weighted by Crippen LogP contribution is 2.15. The second-order valence-electron chi connectivity index (χ2n) is 6.61. The number of nitrogens with zero attached hydrogens (tertiary/aromatic N) is 2. The van der Waals surface area contributed by atoms with E-state index in [4.69, 9.17) is 0 Å². The van der Waals surface area contributed by atoms with Gasteiger partial charge in [-0.1, -0.05) is 34.6 Å². The highest BCUT2D eigenvalue weighted by Gasteiger charge is 2.23. The number of hydrogen-bond donors (Lipinski definition) is 0. The lowest BCUT2D eigenvalue weighted by molar-refractivity contribution is -0.127. The topological polar surface area (TPSA) is 23.6 Å². The molecule has 0 aliphatic rings. The van der Waals surface area contributed by atoms with Gasteiger partial charge in [-0.15, -0.1) is 0 Å². The lowest BCUT2D eigenvalue weighted by Gasteiger charge is -2.28. The average Bonchev–Trinajstić information content (AvgIpc) is 2.11. The van der Waals surface area contributed by atoms with Gasteiger partial charge in [-0.3, -0.25) is 9.69 Å². The van der Waals surface area contributed by atoms with Gasteiger partial charge in [0.2, 0.25) is 0 Å². The predicted octanol–water partition coefficient (Wildman–Crippen LogP) is 2.12. The van der Waals surface area contributed by atoms with E-state index in [1.54, 1.807) is 0 Å². The quantitative estimate of drug-likeness (QED) is 0.683. The van der Waals surface area contributed by atoms with Gasteiger partial charge in [0, 0.05) is 25.0 Å². The van der Waals surface area contributed by atoms with E-state index < -0.39 is 0 Å². The van der Waals surface area contributed by atoms with Gasteiger partial charge in [-0.25, -0.2) is 0 Å². The van der Waals surface area contributed by atoms with E-state index >= 15 is 0 Å². The Balaban J connectivity index is 4.33. The van der Waals surface area contributed by atoms with Crippen molar-refractivity contribution in [1.82, 2.24) is 9.80 Å². The van der Waals surface area contributed by atoms with Gasteiger partial charge in [-0.05, 0) is 20.0 Å². The van der Waals surface area contributed by atoms with Gasteiger partial charge in [0.05, 0.1) is 6.54 Å². The van der Waals surface area contributed by atoms with E-state index in [1.165, 1.54) is 0 Å². The van der Waals surface area contributed by atoms with Gasteiger partial charge < -0.3 is 4.90 Å². The molecule has 0 spiro atoms. The van der Waals surface area contributed by atoms with E-state index in [2.05, 4.69) is 37.7 Å². The summed E-state index contributed by atoms with van der Waals surface area (Å²) in [6.07, 6.45) is 0. The molecule has 0 aliphatic heterocycles. The lowest BCUT2D eigenvalue weighted by atomic mass is 9.90. The van der Waals surface area contributed by atoms with Crippen LogP contribution in [0.2, 0.25) is 0 Å². The third kappa shape index (κ3) is 8.33. The maximum atomic E-state index is 12.0. The van der Waals surface area contributed by atoms with Crippen molar-refractivity contribution < 1.29 is 4.79 Å². The van der Waals surface area contributed by atoms with Crippen LogP contribution >= 0.6 is 0 Å². The van der Waals surface area contributed by atoms with Crippen LogP contribution in [0.3, 0.4) is 0 Å². The molecular formula is C14H30N2O. The largest absolute Gasteiger partial charge is 0.308 e. The highest BCUT2D eigenvalue weighted by atomic mass is 16.1. The van der Waals surface area contributed by atoms with Gasteiger partial charge >= 0.3 is 0 Å². The molecule has 0 aromatic rings. The zero-order chi connectivity index (χ0) is 13.6. The summed E-state index contributed by atoms with van der Waals surface area (Å²) in [5, 5.41) is 0. The highest BCUT2D eigenvalue weighted by molar-refractivity contribution is 5.85. The second kappa shape index (κ2) is 7.12. The number of Topliss-reactive ketones (excluding diaryl/α,β-unsaturated/α-hetero) is 1. The van der Waals surface area contributed by atoms with Crippen molar-refractivity contribution >= 4 is 5.78 Å². The number of hydrogen-bond acceptors (Lipinski definition) is 3. The molecule has 0 rings (SSSR count). The number of likely N-dealkylation sites (N-methyl/N-ethyl adjacent to an activating group) is 1. The van der Waals surface area contributed by atoms with E-state index in [9.17, 15) is 4.79 Å². The molecule has 0 saturated heterocycles. The third-order valence-electron chi connectivity index (χ3n) is 2.69. The Labute approximate surface area is 107 Å². The first kappa shape index (κ1) is 16.6. The van der Waals surface area contributed by atoms with Crippen LogP contribution < -0.4 is 0 Å². The first-order valence-corrected chi connectivity index (χ1v) is 6.53. The minimum atomic E-state index is -0.229. The molecular weight excluding hydrogens is 212 g/mol. The smallest absolute Gasteiger partial charge is 0.152 e. The van der Waals surface area contributed by atoms with Crippen LogP contribution in [-0.4, -0.2) is 55.9 Å². The monoisotopic (exact) mass is 242 g/mol. The summed E-state index contributed by atoms with van der Waals surface area (Å²) in [6.45, 7) is 13.9. The van der Waals surface area contributed by atoms with Gasteiger partial charge in [0.1, 0.15) is 0 Å². The van der Waals surface area contributed by atoms with Crippen LogP contribution in [0, 0.1) is 11.3 Å². The summed E-state index contributed by atoms with van der Waals surface area (Å²) in [5.74, 6) is 0.932. The molecule has 0 amide bonds. The molecule has 3 nitrogen and oxygen atoms in total. The van der Waals surface area contributed by atoms with Crippen LogP contribution in [0.5, 0.6) is 0 Å². The molecule has 0 bridgehead atoms. The van der Waals surface area contributed by atoms with Crippen molar-refractivity contribution in [3.8, 4) is 0 Å². The van der Waals surface area contributed by atoms with E-state index in [-0.39, 0.29) is 5.41 Å². The third-order valence-corrected chi connectivity index (χ3v) is 2.69. The molecule has 0 fully saturated rings. The molecule has 0 aromatic carbocycles. The fourth-order valence-electron chi connectivity index (χ4n) is 1.53. The van der Waals surface area contributed by atoms with Gasteiger partial charge in [0.15, 0.2) is 5.78 Å². The first-order chi connectivity index (χ1) is 7.62. The summed E-state index contributed by atoms with van der Waals surface area (Å²) >= 11 is 0. The van der Waals surface area contributed by atoms with Crippen molar-refractivity contribution in [1.29, 1.82) is 0 Å². The summed E-state index contributed by atoms with van der Waals surface area (Å²) in [6, 6.07) is 0. The number of carbonyl (C=O) groups is 1. The zero-order valence-electron chi connectivity index (χ0n) is 12.7. The van der Waals surface area contributed by atoms with Crippen molar-refractivity contribution in [2.24, 2.45) is 11.3 Å². The Kier molecular flexibility index (Phi) is 6.95. The van der Waals surface area contributed by atoms with Crippen molar-refractivity contribution in [3.05, 3.63) is 0 Å².